The standard InChI is InChI=1S/C25H27N3O3S/c1-5-24(29)27-22-8-6-7-9-23(22)28(32(30,31)21-16-10-18(2)11-17-21)25(27)19-12-14-20(15-13-19)26(3)4/h6-17,25H,5H2,1-4H3/t25-/m1/s1. The Morgan fingerprint density at radius 2 is 1.50 bits per heavy atom. The highest BCUT2D eigenvalue weighted by Crippen LogP contribution is 2.49. The summed E-state index contributed by atoms with van der Waals surface area (Å²) in [5.74, 6) is -0.138. The maximum Gasteiger partial charge on any atom is 0.266 e. The smallest absolute Gasteiger partial charge is 0.266 e. The first-order chi connectivity index (χ1) is 15.3. The van der Waals surface area contributed by atoms with Crippen LogP contribution in [0.2, 0.25) is 0 Å². The van der Waals surface area contributed by atoms with Gasteiger partial charge in [0.2, 0.25) is 5.91 Å². The van der Waals surface area contributed by atoms with E-state index in [0.717, 1.165) is 16.8 Å². The Labute approximate surface area is 189 Å². The average molecular weight is 450 g/mol. The lowest BCUT2D eigenvalue weighted by molar-refractivity contribution is -0.118. The molecule has 7 heteroatoms. The van der Waals surface area contributed by atoms with E-state index in [2.05, 4.69) is 0 Å². The van der Waals surface area contributed by atoms with Crippen LogP contribution in [-0.2, 0) is 14.8 Å². The Kier molecular flexibility index (Phi) is 5.69. The third-order valence-electron chi connectivity index (χ3n) is 5.70. The van der Waals surface area contributed by atoms with Crippen molar-refractivity contribution in [3.8, 4) is 0 Å². The highest BCUT2D eigenvalue weighted by Gasteiger charge is 2.46. The first-order valence-electron chi connectivity index (χ1n) is 10.5. The summed E-state index contributed by atoms with van der Waals surface area (Å²) < 4.78 is 29.2. The van der Waals surface area contributed by atoms with Crippen LogP contribution in [0.25, 0.3) is 0 Å². The molecule has 0 fully saturated rings. The van der Waals surface area contributed by atoms with Gasteiger partial charge in [-0.25, -0.2) is 12.7 Å². The number of rotatable bonds is 5. The number of sulfonamides is 1. The molecule has 6 nitrogen and oxygen atoms in total. The zero-order valence-electron chi connectivity index (χ0n) is 18.7. The van der Waals surface area contributed by atoms with Crippen molar-refractivity contribution in [1.29, 1.82) is 0 Å². The maximum absolute atomic E-state index is 13.9. The molecule has 0 saturated heterocycles. The molecule has 0 spiro atoms. The largest absolute Gasteiger partial charge is 0.378 e. The van der Waals surface area contributed by atoms with Crippen LogP contribution in [0.4, 0.5) is 17.1 Å². The van der Waals surface area contributed by atoms with Crippen molar-refractivity contribution in [1.82, 2.24) is 0 Å². The Morgan fingerprint density at radius 3 is 2.06 bits per heavy atom. The number of anilines is 3. The van der Waals surface area contributed by atoms with E-state index in [0.29, 0.717) is 11.4 Å². The van der Waals surface area contributed by atoms with Crippen molar-refractivity contribution in [3.63, 3.8) is 0 Å². The minimum Gasteiger partial charge on any atom is -0.378 e. The summed E-state index contributed by atoms with van der Waals surface area (Å²) in [6.45, 7) is 3.70. The zero-order valence-corrected chi connectivity index (χ0v) is 19.5. The molecular weight excluding hydrogens is 422 g/mol. The molecule has 166 valence electrons. The van der Waals surface area contributed by atoms with Gasteiger partial charge in [-0.3, -0.25) is 9.69 Å². The average Bonchev–Trinajstić information content (AvgIpc) is 3.15. The summed E-state index contributed by atoms with van der Waals surface area (Å²) in [7, 11) is -0.0464. The van der Waals surface area contributed by atoms with E-state index >= 15 is 0 Å². The van der Waals surface area contributed by atoms with Crippen LogP contribution in [0.15, 0.2) is 77.7 Å². The first-order valence-corrected chi connectivity index (χ1v) is 12.0. The number of carbonyl (C=O) groups excluding carboxylic acids is 1. The minimum atomic E-state index is -3.94. The van der Waals surface area contributed by atoms with Gasteiger partial charge in [-0.15, -0.1) is 0 Å². The third kappa shape index (κ3) is 3.62. The lowest BCUT2D eigenvalue weighted by Gasteiger charge is -2.32. The fraction of sp³-hybridized carbons (Fsp3) is 0.240. The molecule has 0 radical (unpaired) electrons. The second-order valence-electron chi connectivity index (χ2n) is 8.08. The Bertz CT molecular complexity index is 1240. The van der Waals surface area contributed by atoms with Crippen LogP contribution >= 0.6 is 0 Å². The second-order valence-corrected chi connectivity index (χ2v) is 9.89. The number of aryl methyl sites for hydroxylation is 1. The van der Waals surface area contributed by atoms with E-state index in [9.17, 15) is 13.2 Å². The topological polar surface area (TPSA) is 60.9 Å². The Morgan fingerprint density at radius 1 is 0.906 bits per heavy atom. The number of hydrogen-bond donors (Lipinski definition) is 0. The molecule has 1 heterocycles. The highest BCUT2D eigenvalue weighted by molar-refractivity contribution is 7.92. The molecule has 0 N–H and O–H groups in total. The predicted octanol–water partition coefficient (Wildman–Crippen LogP) is 4.71. The minimum absolute atomic E-state index is 0.138. The molecule has 4 rings (SSSR count). The number of nitrogens with zero attached hydrogens (tertiary/aromatic N) is 3. The van der Waals surface area contributed by atoms with E-state index < -0.39 is 16.2 Å². The molecular formula is C25H27N3O3S. The summed E-state index contributed by atoms with van der Waals surface area (Å²) in [6, 6.07) is 21.6. The molecule has 3 aromatic rings. The fourth-order valence-corrected chi connectivity index (χ4v) is 5.58. The highest BCUT2D eigenvalue weighted by atomic mass is 32.2. The summed E-state index contributed by atoms with van der Waals surface area (Å²) >= 11 is 0. The fourth-order valence-electron chi connectivity index (χ4n) is 3.98. The summed E-state index contributed by atoms with van der Waals surface area (Å²) in [4.78, 5) is 16.9. The molecule has 0 aliphatic carbocycles. The van der Waals surface area contributed by atoms with Crippen LogP contribution in [0.1, 0.15) is 30.6 Å². The normalized spacial score (nSPS) is 15.6. The maximum atomic E-state index is 13.9. The molecule has 1 aliphatic rings. The molecule has 3 aromatic carbocycles. The third-order valence-corrected chi connectivity index (χ3v) is 7.48. The van der Waals surface area contributed by atoms with Crippen LogP contribution in [-0.4, -0.2) is 28.4 Å². The Hall–Kier alpha value is -3.32. The van der Waals surface area contributed by atoms with Crippen molar-refractivity contribution < 1.29 is 13.2 Å². The van der Waals surface area contributed by atoms with Gasteiger partial charge in [0.25, 0.3) is 10.0 Å². The molecule has 0 aromatic heterocycles. The van der Waals surface area contributed by atoms with Gasteiger partial charge in [0.05, 0.1) is 16.3 Å². The molecule has 32 heavy (non-hydrogen) atoms. The number of fused-ring (bicyclic) bond motifs is 1. The van der Waals surface area contributed by atoms with E-state index in [1.807, 2.05) is 56.3 Å². The van der Waals surface area contributed by atoms with Crippen LogP contribution < -0.4 is 14.1 Å². The lowest BCUT2D eigenvalue weighted by Crippen LogP contribution is -2.42. The van der Waals surface area contributed by atoms with E-state index in [1.54, 1.807) is 54.3 Å². The number of benzene rings is 3. The second kappa shape index (κ2) is 8.31. The van der Waals surface area contributed by atoms with Crippen LogP contribution in [0.3, 0.4) is 0 Å². The van der Waals surface area contributed by atoms with Crippen molar-refractivity contribution in [2.24, 2.45) is 0 Å². The quantitative estimate of drug-likeness (QED) is 0.566. The van der Waals surface area contributed by atoms with Gasteiger partial charge in [-0.2, -0.15) is 0 Å². The van der Waals surface area contributed by atoms with Gasteiger partial charge in [0.15, 0.2) is 0 Å². The zero-order chi connectivity index (χ0) is 23.0. The van der Waals surface area contributed by atoms with E-state index in [-0.39, 0.29) is 17.2 Å². The number of para-hydroxylation sites is 2. The van der Waals surface area contributed by atoms with Gasteiger partial charge in [0.1, 0.15) is 6.17 Å². The Balaban J connectivity index is 1.93. The number of hydrogen-bond acceptors (Lipinski definition) is 4. The lowest BCUT2D eigenvalue weighted by atomic mass is 10.1. The van der Waals surface area contributed by atoms with Crippen molar-refractivity contribution in [2.45, 2.75) is 31.3 Å². The number of amides is 1. The molecule has 0 unspecified atom stereocenters. The van der Waals surface area contributed by atoms with Gasteiger partial charge >= 0.3 is 0 Å². The van der Waals surface area contributed by atoms with Crippen molar-refractivity contribution in [2.75, 3.05) is 28.2 Å². The van der Waals surface area contributed by atoms with Gasteiger partial charge < -0.3 is 4.90 Å². The molecule has 0 bridgehead atoms. The van der Waals surface area contributed by atoms with E-state index in [1.165, 1.54) is 4.31 Å². The van der Waals surface area contributed by atoms with Crippen molar-refractivity contribution in [3.05, 3.63) is 83.9 Å². The monoisotopic (exact) mass is 449 g/mol. The van der Waals surface area contributed by atoms with E-state index in [4.69, 9.17) is 0 Å². The van der Waals surface area contributed by atoms with Gasteiger partial charge in [-0.1, -0.05) is 48.9 Å². The summed E-state index contributed by atoms with van der Waals surface area (Å²) in [5, 5.41) is 0. The molecule has 1 aliphatic heterocycles. The SMILES string of the molecule is CCC(=O)N1c2ccccc2N(S(=O)(=O)c2ccc(C)cc2)[C@@H]1c1ccc(N(C)C)cc1. The van der Waals surface area contributed by atoms with Gasteiger partial charge in [0, 0.05) is 26.2 Å². The molecule has 1 amide bonds. The van der Waals surface area contributed by atoms with Gasteiger partial charge in [-0.05, 0) is 48.9 Å². The van der Waals surface area contributed by atoms with Crippen LogP contribution in [0.5, 0.6) is 0 Å². The predicted molar refractivity (Wildman–Crippen MR) is 129 cm³/mol. The van der Waals surface area contributed by atoms with Crippen molar-refractivity contribution >= 4 is 33.0 Å². The summed E-state index contributed by atoms with van der Waals surface area (Å²) in [6.07, 6.45) is -0.540. The summed E-state index contributed by atoms with van der Waals surface area (Å²) in [5.41, 5.74) is 3.78. The van der Waals surface area contributed by atoms with Crippen LogP contribution in [0, 0.1) is 6.92 Å². The molecule has 1 atom stereocenters. The molecule has 0 saturated carbocycles. The first kappa shape index (κ1) is 21.9. The number of carbonyl (C=O) groups is 1.